The molecular weight excluding hydrogens is 1710 g/mol. The van der Waals surface area contributed by atoms with Gasteiger partial charge in [0, 0.05) is 0 Å². The zero-order valence-corrected chi connectivity index (χ0v) is 76.7. The van der Waals surface area contributed by atoms with Gasteiger partial charge in [0.05, 0.1) is 0 Å². The van der Waals surface area contributed by atoms with E-state index >= 15 is 0 Å². The van der Waals surface area contributed by atoms with E-state index in [4.69, 9.17) is 0 Å². The molecule has 88 spiro atoms. The van der Waals surface area contributed by atoms with Gasteiger partial charge in [0.15, 0.2) is 0 Å². The Morgan fingerprint density at radius 2 is 0.310 bits per heavy atom. The normalized spacial score (nSPS) is 153. The van der Waals surface area contributed by atoms with Gasteiger partial charge < -0.3 is 0 Å². The molecule has 110 aliphatic rings. The fraction of sp³-hybridized carbons (Fsp3) is 1.00. The summed E-state index contributed by atoms with van der Waals surface area (Å²) in [4.78, 5) is 0. The van der Waals surface area contributed by atoms with E-state index in [-0.39, 0.29) is 0 Å². The molecule has 0 heterocycles. The molecule has 110 rings (SSSR count). The molecule has 14 bridgehead atoms. The van der Waals surface area contributed by atoms with Crippen molar-refractivity contribution in [2.45, 2.75) is 77.0 Å². The van der Waals surface area contributed by atoms with E-state index in [0.29, 0.717) is 0 Å². The third kappa shape index (κ3) is 0.840. The van der Waals surface area contributed by atoms with Gasteiger partial charge in [0.2, 0.25) is 0 Å². The van der Waals surface area contributed by atoms with E-state index in [0.717, 1.165) is 477 Å². The first kappa shape index (κ1) is 44.8. The average molecular weight is 1770 g/mol. The summed E-state index contributed by atoms with van der Waals surface area (Å²) < 4.78 is 0. The first-order chi connectivity index (χ1) is 70.5. The monoisotopic (exact) mass is 1770 g/mol. The molecule has 0 nitrogen and oxygen atoms in total. The summed E-state index contributed by atoms with van der Waals surface area (Å²) >= 11 is 0. The molecule has 110 aliphatic carbocycles. The Morgan fingerprint density at radius 1 is 0.106 bits per heavy atom. The maximum Gasteiger partial charge on any atom is -0.000000809 e. The summed E-state index contributed by atoms with van der Waals surface area (Å²) in [5.74, 6) is 60.7. The highest BCUT2D eigenvalue weighted by atomic mass is 15.9. The van der Waals surface area contributed by atoms with Crippen LogP contribution in [-0.4, -0.2) is 0 Å². The van der Waals surface area contributed by atoms with Crippen LogP contribution in [0.5, 0.6) is 0 Å². The second-order valence-electron chi connectivity index (χ2n) is 96.0. The van der Waals surface area contributed by atoms with E-state index in [1.807, 2.05) is 19.3 Å². The number of hydrogen-bond acceptors (Lipinski definition) is 0. The third-order valence-electron chi connectivity index (χ3n) is 133. The Bertz CT molecular complexity index is 12400. The summed E-state index contributed by atoms with van der Waals surface area (Å²) in [6.45, 7) is 0. The highest BCUT2D eigenvalue weighted by molar-refractivity contribution is 7.05. The van der Waals surface area contributed by atoms with Crippen molar-refractivity contribution in [2.24, 2.45) is 476 Å². The van der Waals surface area contributed by atoms with Gasteiger partial charge in [0.25, 0.3) is 0 Å². The second-order valence-corrected chi connectivity index (χ2v) is 96.0. The first-order valence-corrected chi connectivity index (χ1v) is 70.5. The van der Waals surface area contributed by atoms with Crippen LogP contribution in [0.2, 0.25) is 0 Å². The van der Waals surface area contributed by atoms with E-state index in [2.05, 4.69) is 57.8 Å². The van der Waals surface area contributed by atoms with Gasteiger partial charge >= 0.3 is 0 Å². The van der Waals surface area contributed by atoms with Crippen molar-refractivity contribution in [1.29, 1.82) is 0 Å². The maximum absolute atomic E-state index is 2.45. The van der Waals surface area contributed by atoms with Crippen molar-refractivity contribution in [2.75, 3.05) is 0 Å². The van der Waals surface area contributed by atoms with Gasteiger partial charge in [-0.15, -0.1) is 0 Å². The van der Waals surface area contributed by atoms with Crippen molar-refractivity contribution in [3.05, 3.63) is 249 Å². The fourth-order valence-corrected chi connectivity index (χ4v) is 176. The van der Waals surface area contributed by atoms with Crippen LogP contribution in [0.15, 0.2) is 0 Å². The number of fused-ring (bicyclic) bond motifs is 28. The lowest BCUT2D eigenvalue weighted by Crippen LogP contribution is -3.74. The summed E-state index contributed by atoms with van der Waals surface area (Å²) in [7, 11) is 0. The zero-order chi connectivity index (χ0) is 76.7. The molecule has 130 unspecified atom stereocenters. The lowest BCUT2D eigenvalue weighted by Gasteiger charge is -3.81. The fourth-order valence-electron chi connectivity index (χ4n) is 176. The van der Waals surface area contributed by atoms with Crippen LogP contribution < -0.4 is 0 Å². The molecule has 0 aromatic carbocycles. The Kier molecular flexibility index (Phi) is 1.97. The van der Waals surface area contributed by atoms with E-state index < -0.39 is 0 Å². The molecule has 110 fully saturated rings. The van der Waals surface area contributed by atoms with Gasteiger partial charge in [-0.3, -0.25) is 0 Å². The van der Waals surface area contributed by atoms with Crippen LogP contribution in [-0.2, 0) is 0 Å². The Hall–Kier alpha value is 0. The molecule has 142 heavy (non-hydrogen) atoms. The molecule has 0 radical (unpaired) electrons. The smallest absolute Gasteiger partial charge is 0.000000809 e. The molecule has 110 saturated carbocycles. The quantitative estimate of drug-likeness (QED) is 0.227. The molecule has 0 amide bonds. The predicted octanol–water partition coefficient (Wildman–Crippen LogP) is 13.6. The van der Waals surface area contributed by atoms with E-state index in [1.54, 1.807) is 0 Å². The van der Waals surface area contributed by atoms with Gasteiger partial charge in [-0.1, -0.05) is 0 Å². The third-order valence-corrected chi connectivity index (χ3v) is 133. The lowest BCUT2D eigenvalue weighted by molar-refractivity contribution is -1.25. The maximum atomic E-state index is 2.45. The van der Waals surface area contributed by atoms with Crippen molar-refractivity contribution in [1.82, 2.24) is 0 Å². The molecule has 0 heteroatoms. The van der Waals surface area contributed by atoms with Crippen LogP contribution in [0.25, 0.3) is 0 Å². The zero-order valence-electron chi connectivity index (χ0n) is 76.7. The Balaban J connectivity index is 0.531. The largest absolute Gasteiger partial charge is 0.0464 e. The summed E-state index contributed by atoms with van der Waals surface area (Å²) in [6.07, 6.45) is 27.0. The minimum atomic E-state index is 0.997. The van der Waals surface area contributed by atoms with Gasteiger partial charge in [-0.05, 0) is 802 Å². The molecule has 0 saturated heterocycles. The average Bonchev–Trinajstić information content (AvgIpc) is 0.413. The SMILES string of the molecule is C1C2C3C4C5C6C7C8C9C%10C1C1C%11C%12C%13C%14C%15C%16C%17CC%18C%19C%20C%21C%22C%23C%24CC%25C%26C%27C%28CC%29C%30C%31C%32C%33C%34C%35C%36CC%37C%38C%39C2C2%40C3C43C4%41CC2%42C2%43CC4%44C4%45CC2%46C2%47CC4%48C4%49CC2%50C2%51CC4%52C%24(CC%252C%262C%274C%28%29C%30%24C%31%25C%32%26C%33%27C%34%28C%35%29C%37%36C%38%30C%39%40C%42%31C%30%29C%28%29C%43%31C%46%28C%47%30C%50%31C%512C4%24C%25%31C%26%30C%27%28%29)C%232C%224C%21%22C%20%21C%19%20C%18%17C%16%17C%15%16C%14%15C%13%14C%12%13C%11%12C%101C91C89C78C67C53C%413C%445C%456C%48%10C%49%11C%522C42C%224C%21%18C%20%17C%16%17C%15%16C%14%15C%13%14C1%12C91C89C73C53C65C%106C%112C42C%18%17C%164C%157C1%14C93C57C624. The Labute approximate surface area is 796 Å². The number of rotatable bonds is 0. The van der Waals surface area contributed by atoms with E-state index in [9.17, 15) is 0 Å². The predicted molar refractivity (Wildman–Crippen MR) is 453 cm³/mol. The minimum Gasteiger partial charge on any atom is -0.0464 e. The number of hydrogen-bond donors (Lipinski definition) is 0. The topological polar surface area (TPSA) is 0 Å². The van der Waals surface area contributed by atoms with Crippen molar-refractivity contribution in [3.8, 4) is 0 Å². The van der Waals surface area contributed by atoms with Gasteiger partial charge in [-0.25, -0.2) is 0 Å². The van der Waals surface area contributed by atoms with E-state index in [1.165, 1.54) is 249 Å². The summed E-state index contributed by atoms with van der Waals surface area (Å²) in [6, 6.07) is 0. The van der Waals surface area contributed by atoms with Crippen LogP contribution in [0.1, 0.15) is 77.0 Å². The highest BCUT2D eigenvalue weighted by Crippen LogP contribution is 3.97. The standard InChI is InChI=1S/C142H66/c1-13-23-35-44-51-53-46-38-26-14(1)25-37-45-52-50-43-34-22-5-21-33-40-47-39-28-16-2-15-27-29-17-3-19-31-41-48-49-42-32-20-4-18-30-36-24(13)73-54(23)74(35)68-12-67(73)65-11-66(68)64-10-63(65)61-9-62(64)60-8-59(61)57-7-58(60)56(16,6-55(15,57)75(27)77(29)69(17,19)79(31)88(41)97(48)98(49)89(42)80(32)70(18,20)78(30)85(36,73)103(67)106(65)110(63)109(61)105(59)101(57,75)113(77,79)119(88,105)121(97,109)122(98,110)120(89,106)114(78,80)103)76(28)87(39)95(47)90(40)81(33)71(21,22)82(34)91(43)99(50)100(52)93(45)84(37)72(25,26)83(38)92(46)96(53)94(51)86(44,74)104(68)108(66)112(64)111(62)107(60)102(58,76)117(87)127(95)123(90)115(81,82)124(91)129(99)130(100)126(93)116(83,84)125(92)128(96)118(94,104)132(108)134(112)133(111)131(107,117)137(127)135(123,124)139(129)140(130)136(125,126)138(128,132)142(134,140)141(133,137)139/h13-54H,1-12H2. The minimum absolute atomic E-state index is 0.997. The lowest BCUT2D eigenvalue weighted by atomic mass is 8.20. The van der Waals surface area contributed by atoms with Crippen molar-refractivity contribution < 1.29 is 0 Å². The first-order valence-electron chi connectivity index (χ1n) is 70.5. The molecule has 0 N–H and O–H groups in total. The Morgan fingerprint density at radius 3 is 0.775 bits per heavy atom. The molecule has 634 valence electrons. The molecule has 0 aliphatic heterocycles. The van der Waals surface area contributed by atoms with Gasteiger partial charge in [0.1, 0.15) is 0 Å². The molecule has 0 aromatic heterocycles. The molecule has 0 aromatic rings. The van der Waals surface area contributed by atoms with Crippen LogP contribution in [0.3, 0.4) is 0 Å². The highest BCUT2D eigenvalue weighted by Gasteiger charge is 3.90. The van der Waals surface area contributed by atoms with Crippen molar-refractivity contribution in [3.63, 3.8) is 0 Å². The van der Waals surface area contributed by atoms with Crippen LogP contribution in [0, 0.1) is 725 Å². The summed E-state index contributed by atoms with van der Waals surface area (Å²) in [5.41, 5.74) is 96.3. The second kappa shape index (κ2) is 6.23. The summed E-state index contributed by atoms with van der Waals surface area (Å²) in [5, 5.41) is 0. The molecular formula is C142H66. The van der Waals surface area contributed by atoms with Crippen LogP contribution in [0.4, 0.5) is 0 Å². The van der Waals surface area contributed by atoms with Gasteiger partial charge in [-0.2, -0.15) is 0 Å². The van der Waals surface area contributed by atoms with Crippen molar-refractivity contribution >= 4 is 0 Å². The van der Waals surface area contributed by atoms with Crippen LogP contribution >= 0.6 is 0 Å². The molecule has 130 atom stereocenters.